The van der Waals surface area contributed by atoms with E-state index in [1.807, 2.05) is 0 Å². The summed E-state index contributed by atoms with van der Waals surface area (Å²) in [6, 6.07) is 0.787. The molecule has 0 heterocycles. The number of halogens is 3. The lowest BCUT2D eigenvalue weighted by Gasteiger charge is -2.29. The minimum absolute atomic E-state index is 0.0532. The number of rotatable bonds is 2. The number of phenols is 1. The summed E-state index contributed by atoms with van der Waals surface area (Å²) in [7, 11) is 0. The van der Waals surface area contributed by atoms with Crippen molar-refractivity contribution in [3.05, 3.63) is 28.3 Å². The molecule has 2 rings (SSSR count). The van der Waals surface area contributed by atoms with Gasteiger partial charge < -0.3 is 10.8 Å². The van der Waals surface area contributed by atoms with E-state index in [9.17, 15) is 13.9 Å². The molecule has 1 aromatic carbocycles. The van der Waals surface area contributed by atoms with Gasteiger partial charge >= 0.3 is 0 Å². The molecule has 0 spiro atoms. The van der Waals surface area contributed by atoms with E-state index in [0.29, 0.717) is 12.8 Å². The lowest BCUT2D eigenvalue weighted by Crippen LogP contribution is -2.33. The van der Waals surface area contributed by atoms with Crippen LogP contribution in [0.25, 0.3) is 0 Å². The first-order valence-corrected chi connectivity index (χ1v) is 5.96. The van der Waals surface area contributed by atoms with Crippen molar-refractivity contribution in [3.63, 3.8) is 0 Å². The van der Waals surface area contributed by atoms with Gasteiger partial charge in [0.05, 0.1) is 5.02 Å². The van der Waals surface area contributed by atoms with Crippen LogP contribution in [0.15, 0.2) is 6.07 Å². The molecule has 0 unspecified atom stereocenters. The van der Waals surface area contributed by atoms with Gasteiger partial charge in [-0.1, -0.05) is 24.4 Å². The predicted octanol–water partition coefficient (Wildman–Crippen LogP) is 3.09. The Balaban J connectivity index is 2.65. The maximum Gasteiger partial charge on any atom is 0.166 e. The monoisotopic (exact) mass is 261 g/mol. The van der Waals surface area contributed by atoms with E-state index in [1.54, 1.807) is 0 Å². The molecule has 0 bridgehead atoms. The van der Waals surface area contributed by atoms with E-state index in [4.69, 9.17) is 17.3 Å². The highest BCUT2D eigenvalue weighted by molar-refractivity contribution is 6.32. The van der Waals surface area contributed by atoms with Gasteiger partial charge in [-0.3, -0.25) is 0 Å². The molecule has 0 aromatic heterocycles. The molecule has 5 heteroatoms. The van der Waals surface area contributed by atoms with Gasteiger partial charge in [0.15, 0.2) is 11.6 Å². The average molecular weight is 262 g/mol. The average Bonchev–Trinajstić information content (AvgIpc) is 2.77. The lowest BCUT2D eigenvalue weighted by molar-refractivity contribution is 0.372. The molecule has 1 fully saturated rings. The summed E-state index contributed by atoms with van der Waals surface area (Å²) in [6.07, 6.45) is 3.08. The van der Waals surface area contributed by atoms with E-state index in [2.05, 4.69) is 0 Å². The standard InChI is InChI=1S/C12H14ClF2NO/c13-7-5-8(14)10(15)9(11(7)17)12(6-16)3-1-2-4-12/h5,17H,1-4,6,16H2. The van der Waals surface area contributed by atoms with Crippen LogP contribution in [0.1, 0.15) is 31.2 Å². The summed E-state index contributed by atoms with van der Waals surface area (Å²) in [5.41, 5.74) is 4.96. The Morgan fingerprint density at radius 2 is 1.94 bits per heavy atom. The Kier molecular flexibility index (Phi) is 3.27. The van der Waals surface area contributed by atoms with Crippen LogP contribution in [0.4, 0.5) is 8.78 Å². The summed E-state index contributed by atoms with van der Waals surface area (Å²) >= 11 is 5.69. The van der Waals surface area contributed by atoms with Crippen molar-refractivity contribution in [2.24, 2.45) is 5.73 Å². The third-order valence-corrected chi connectivity index (χ3v) is 3.92. The molecular weight excluding hydrogens is 248 g/mol. The predicted molar refractivity (Wildman–Crippen MR) is 62.2 cm³/mol. The first-order chi connectivity index (χ1) is 8.02. The van der Waals surface area contributed by atoms with E-state index in [-0.39, 0.29) is 22.9 Å². The van der Waals surface area contributed by atoms with Crippen LogP contribution in [0, 0.1) is 11.6 Å². The SMILES string of the molecule is NCC1(c2c(O)c(Cl)cc(F)c2F)CCCC1. The van der Waals surface area contributed by atoms with E-state index >= 15 is 0 Å². The Labute approximate surface area is 103 Å². The van der Waals surface area contributed by atoms with Crippen LogP contribution in [-0.4, -0.2) is 11.7 Å². The zero-order valence-electron chi connectivity index (χ0n) is 9.27. The molecule has 1 aliphatic rings. The second kappa shape index (κ2) is 4.42. The zero-order chi connectivity index (χ0) is 12.6. The Morgan fingerprint density at radius 3 is 2.47 bits per heavy atom. The minimum Gasteiger partial charge on any atom is -0.506 e. The molecule has 0 radical (unpaired) electrons. The van der Waals surface area contributed by atoms with E-state index < -0.39 is 17.0 Å². The van der Waals surface area contributed by atoms with Crippen molar-refractivity contribution in [2.75, 3.05) is 6.54 Å². The van der Waals surface area contributed by atoms with Crippen LogP contribution in [0.2, 0.25) is 5.02 Å². The first-order valence-electron chi connectivity index (χ1n) is 5.59. The molecule has 3 N–H and O–H groups in total. The fraction of sp³-hybridized carbons (Fsp3) is 0.500. The minimum atomic E-state index is -1.04. The maximum atomic E-state index is 13.9. The molecule has 17 heavy (non-hydrogen) atoms. The largest absolute Gasteiger partial charge is 0.506 e. The van der Waals surface area contributed by atoms with Crippen LogP contribution >= 0.6 is 11.6 Å². The summed E-state index contributed by atoms with van der Waals surface area (Å²) in [4.78, 5) is 0. The van der Waals surface area contributed by atoms with Gasteiger partial charge in [0, 0.05) is 17.5 Å². The smallest absolute Gasteiger partial charge is 0.166 e. The van der Waals surface area contributed by atoms with Crippen LogP contribution in [0.3, 0.4) is 0 Å². The van der Waals surface area contributed by atoms with Gasteiger partial charge in [0.1, 0.15) is 5.75 Å². The van der Waals surface area contributed by atoms with Crippen LogP contribution in [0.5, 0.6) is 5.75 Å². The normalized spacial score (nSPS) is 18.6. The lowest BCUT2D eigenvalue weighted by atomic mass is 9.78. The molecule has 0 saturated heterocycles. The summed E-state index contributed by atoms with van der Waals surface area (Å²) in [5, 5.41) is 9.70. The molecule has 94 valence electrons. The number of benzene rings is 1. The second-order valence-corrected chi connectivity index (χ2v) is 4.98. The summed E-state index contributed by atoms with van der Waals surface area (Å²) in [5.74, 6) is -2.44. The quantitative estimate of drug-likeness (QED) is 0.804. The van der Waals surface area contributed by atoms with Gasteiger partial charge in [-0.05, 0) is 18.9 Å². The van der Waals surface area contributed by atoms with Gasteiger partial charge in [-0.2, -0.15) is 0 Å². The van der Waals surface area contributed by atoms with E-state index in [0.717, 1.165) is 18.9 Å². The number of nitrogens with two attached hydrogens (primary N) is 1. The zero-order valence-corrected chi connectivity index (χ0v) is 10.0. The number of aromatic hydroxyl groups is 1. The van der Waals surface area contributed by atoms with Crippen molar-refractivity contribution in [1.29, 1.82) is 0 Å². The molecule has 1 saturated carbocycles. The van der Waals surface area contributed by atoms with Crippen LogP contribution in [-0.2, 0) is 5.41 Å². The molecule has 1 aromatic rings. The Bertz CT molecular complexity index is 418. The summed E-state index contributed by atoms with van der Waals surface area (Å²) < 4.78 is 27.2. The van der Waals surface area contributed by atoms with Gasteiger partial charge in [0.2, 0.25) is 0 Å². The fourth-order valence-electron chi connectivity index (χ4n) is 2.68. The third kappa shape index (κ3) is 1.89. The van der Waals surface area contributed by atoms with Crippen molar-refractivity contribution < 1.29 is 13.9 Å². The third-order valence-electron chi connectivity index (χ3n) is 3.63. The van der Waals surface area contributed by atoms with Gasteiger partial charge in [-0.25, -0.2) is 8.78 Å². The van der Waals surface area contributed by atoms with Crippen molar-refractivity contribution in [2.45, 2.75) is 31.1 Å². The Hall–Kier alpha value is -0.870. The molecule has 1 aliphatic carbocycles. The van der Waals surface area contributed by atoms with Gasteiger partial charge in [-0.15, -0.1) is 0 Å². The number of phenolic OH excluding ortho intramolecular Hbond substituents is 1. The fourth-order valence-corrected chi connectivity index (χ4v) is 2.87. The van der Waals surface area contributed by atoms with Gasteiger partial charge in [0.25, 0.3) is 0 Å². The van der Waals surface area contributed by atoms with Crippen LogP contribution < -0.4 is 5.73 Å². The first kappa shape index (κ1) is 12.6. The molecule has 0 amide bonds. The highest BCUT2D eigenvalue weighted by atomic mass is 35.5. The Morgan fingerprint density at radius 1 is 1.35 bits per heavy atom. The van der Waals surface area contributed by atoms with Crippen molar-refractivity contribution in [3.8, 4) is 5.75 Å². The molecule has 0 aliphatic heterocycles. The van der Waals surface area contributed by atoms with Crippen molar-refractivity contribution >= 4 is 11.6 Å². The maximum absolute atomic E-state index is 13.9. The highest BCUT2D eigenvalue weighted by Gasteiger charge is 2.40. The van der Waals surface area contributed by atoms with E-state index in [1.165, 1.54) is 0 Å². The molecule has 2 nitrogen and oxygen atoms in total. The number of hydrogen-bond donors (Lipinski definition) is 2. The highest BCUT2D eigenvalue weighted by Crippen LogP contribution is 2.47. The topological polar surface area (TPSA) is 46.2 Å². The molecular formula is C12H14ClF2NO. The molecule has 0 atom stereocenters. The number of hydrogen-bond acceptors (Lipinski definition) is 2. The second-order valence-electron chi connectivity index (χ2n) is 4.57. The summed E-state index contributed by atoms with van der Waals surface area (Å²) in [6.45, 7) is 0.178. The van der Waals surface area contributed by atoms with Crippen molar-refractivity contribution in [1.82, 2.24) is 0 Å².